The lowest BCUT2D eigenvalue weighted by Crippen LogP contribution is -2.34. The Hall–Kier alpha value is -1.50. The third kappa shape index (κ3) is 2.60. The molecule has 2 heterocycles. The van der Waals surface area contributed by atoms with Gasteiger partial charge in [0.05, 0.1) is 7.11 Å². The molecule has 0 aromatic carbocycles. The van der Waals surface area contributed by atoms with E-state index in [4.69, 9.17) is 9.84 Å². The third-order valence-corrected chi connectivity index (χ3v) is 3.44. The first-order valence-corrected chi connectivity index (χ1v) is 6.35. The highest BCUT2D eigenvalue weighted by Gasteiger charge is 2.21. The van der Waals surface area contributed by atoms with Gasteiger partial charge in [-0.3, -0.25) is 0 Å². The number of aromatic carboxylic acids is 1. The Morgan fingerprint density at radius 3 is 2.76 bits per heavy atom. The lowest BCUT2D eigenvalue weighted by molar-refractivity contribution is 0.0696. The summed E-state index contributed by atoms with van der Waals surface area (Å²) in [5.41, 5.74) is 0.142. The zero-order chi connectivity index (χ0) is 12.3. The highest BCUT2D eigenvalue weighted by atomic mass is 32.2. The average molecular weight is 255 g/mol. The number of methoxy groups -OCH3 is 1. The average Bonchev–Trinajstić information content (AvgIpc) is 2.39. The summed E-state index contributed by atoms with van der Waals surface area (Å²) in [7, 11) is 1.44. The largest absolute Gasteiger partial charge is 0.480 e. The number of thioether (sulfide) groups is 1. The molecular formula is C10H13N3O3S. The summed E-state index contributed by atoms with van der Waals surface area (Å²) in [6.07, 6.45) is 0. The van der Waals surface area contributed by atoms with Crippen LogP contribution in [0.4, 0.5) is 5.82 Å². The predicted molar refractivity (Wildman–Crippen MR) is 65.1 cm³/mol. The van der Waals surface area contributed by atoms with Gasteiger partial charge in [-0.15, -0.1) is 10.2 Å². The van der Waals surface area contributed by atoms with Crippen LogP contribution in [0, 0.1) is 0 Å². The number of ether oxygens (including phenoxy) is 1. The fraction of sp³-hybridized carbons (Fsp3) is 0.500. The quantitative estimate of drug-likeness (QED) is 0.853. The van der Waals surface area contributed by atoms with Crippen molar-refractivity contribution in [3.8, 4) is 5.88 Å². The molecule has 1 saturated heterocycles. The van der Waals surface area contributed by atoms with Crippen LogP contribution < -0.4 is 9.64 Å². The molecule has 0 spiro atoms. The van der Waals surface area contributed by atoms with E-state index in [0.29, 0.717) is 5.82 Å². The minimum Gasteiger partial charge on any atom is -0.480 e. The second-order valence-electron chi connectivity index (χ2n) is 3.53. The second-order valence-corrected chi connectivity index (χ2v) is 4.75. The van der Waals surface area contributed by atoms with Gasteiger partial charge in [0.1, 0.15) is 5.56 Å². The smallest absolute Gasteiger partial charge is 0.339 e. The SMILES string of the molecule is COc1cc(C(=O)O)c(N2CCSCC2)nn1. The van der Waals surface area contributed by atoms with Crippen LogP contribution in [0.15, 0.2) is 6.07 Å². The van der Waals surface area contributed by atoms with Crippen LogP contribution in [0.25, 0.3) is 0 Å². The van der Waals surface area contributed by atoms with Crippen molar-refractivity contribution in [3.05, 3.63) is 11.6 Å². The molecule has 1 aliphatic rings. The molecule has 0 atom stereocenters. The Labute approximate surface area is 103 Å². The molecule has 0 unspecified atom stereocenters. The van der Waals surface area contributed by atoms with E-state index in [1.165, 1.54) is 13.2 Å². The fourth-order valence-electron chi connectivity index (χ4n) is 1.63. The van der Waals surface area contributed by atoms with Crippen molar-refractivity contribution in [3.63, 3.8) is 0 Å². The van der Waals surface area contributed by atoms with E-state index >= 15 is 0 Å². The van der Waals surface area contributed by atoms with Crippen LogP contribution in [0.5, 0.6) is 5.88 Å². The molecule has 1 N–H and O–H groups in total. The Morgan fingerprint density at radius 2 is 2.18 bits per heavy atom. The molecule has 1 aromatic rings. The Kier molecular flexibility index (Phi) is 3.68. The number of hydrogen-bond donors (Lipinski definition) is 1. The molecule has 1 aliphatic heterocycles. The Balaban J connectivity index is 2.34. The van der Waals surface area contributed by atoms with Gasteiger partial charge >= 0.3 is 5.97 Å². The molecule has 0 amide bonds. The predicted octanol–water partition coefficient (Wildman–Crippen LogP) is 0.737. The van der Waals surface area contributed by atoms with E-state index in [0.717, 1.165) is 24.6 Å². The minimum absolute atomic E-state index is 0.142. The molecule has 17 heavy (non-hydrogen) atoms. The topological polar surface area (TPSA) is 75.6 Å². The van der Waals surface area contributed by atoms with Gasteiger partial charge in [-0.05, 0) is 0 Å². The van der Waals surface area contributed by atoms with E-state index in [9.17, 15) is 4.79 Å². The maximum Gasteiger partial charge on any atom is 0.339 e. The zero-order valence-corrected chi connectivity index (χ0v) is 10.2. The van der Waals surface area contributed by atoms with Gasteiger partial charge < -0.3 is 14.7 Å². The summed E-state index contributed by atoms with van der Waals surface area (Å²) >= 11 is 1.85. The maximum atomic E-state index is 11.2. The molecule has 92 valence electrons. The monoisotopic (exact) mass is 255 g/mol. The van der Waals surface area contributed by atoms with Crippen LogP contribution in [0.2, 0.25) is 0 Å². The Morgan fingerprint density at radius 1 is 1.47 bits per heavy atom. The molecule has 7 heteroatoms. The summed E-state index contributed by atoms with van der Waals surface area (Å²) in [6, 6.07) is 1.41. The lowest BCUT2D eigenvalue weighted by atomic mass is 10.2. The molecule has 6 nitrogen and oxygen atoms in total. The normalized spacial score (nSPS) is 15.7. The fourth-order valence-corrected chi connectivity index (χ4v) is 2.54. The first-order chi connectivity index (χ1) is 8.22. The third-order valence-electron chi connectivity index (χ3n) is 2.50. The van der Waals surface area contributed by atoms with Crippen molar-refractivity contribution < 1.29 is 14.6 Å². The molecule has 0 bridgehead atoms. The highest BCUT2D eigenvalue weighted by Crippen LogP contribution is 2.23. The molecule has 0 radical (unpaired) electrons. The minimum atomic E-state index is -1.01. The Bertz CT molecular complexity index is 421. The number of hydrogen-bond acceptors (Lipinski definition) is 6. The van der Waals surface area contributed by atoms with E-state index in [2.05, 4.69) is 10.2 Å². The van der Waals surface area contributed by atoms with Crippen LogP contribution in [0.3, 0.4) is 0 Å². The number of aromatic nitrogens is 2. The van der Waals surface area contributed by atoms with Crippen molar-refractivity contribution >= 4 is 23.5 Å². The van der Waals surface area contributed by atoms with Crippen molar-refractivity contribution in [2.75, 3.05) is 36.6 Å². The first kappa shape index (κ1) is 12.0. The summed E-state index contributed by atoms with van der Waals surface area (Å²) < 4.78 is 4.89. The van der Waals surface area contributed by atoms with Gasteiger partial charge in [0.25, 0.3) is 0 Å². The van der Waals surface area contributed by atoms with Crippen LogP contribution >= 0.6 is 11.8 Å². The second kappa shape index (κ2) is 5.22. The van der Waals surface area contributed by atoms with Gasteiger partial charge in [0, 0.05) is 30.7 Å². The van der Waals surface area contributed by atoms with Gasteiger partial charge in [-0.2, -0.15) is 11.8 Å². The molecule has 1 aromatic heterocycles. The molecule has 0 aliphatic carbocycles. The highest BCUT2D eigenvalue weighted by molar-refractivity contribution is 7.99. The molecule has 1 fully saturated rings. The van der Waals surface area contributed by atoms with E-state index < -0.39 is 5.97 Å². The number of anilines is 1. The van der Waals surface area contributed by atoms with Gasteiger partial charge in [0.15, 0.2) is 5.82 Å². The number of carboxylic acid groups (broad SMARTS) is 1. The molecular weight excluding hydrogens is 242 g/mol. The summed E-state index contributed by atoms with van der Waals surface area (Å²) in [6.45, 7) is 1.60. The van der Waals surface area contributed by atoms with E-state index in [1.54, 1.807) is 0 Å². The van der Waals surface area contributed by atoms with Crippen molar-refractivity contribution in [2.24, 2.45) is 0 Å². The molecule has 0 saturated carbocycles. The van der Waals surface area contributed by atoms with Gasteiger partial charge in [0.2, 0.25) is 5.88 Å². The number of nitrogens with zero attached hydrogens (tertiary/aromatic N) is 3. The van der Waals surface area contributed by atoms with Gasteiger partial charge in [-0.25, -0.2) is 4.79 Å². The lowest BCUT2D eigenvalue weighted by Gasteiger charge is -2.27. The summed E-state index contributed by atoms with van der Waals surface area (Å²) in [5.74, 6) is 1.60. The van der Waals surface area contributed by atoms with Crippen molar-refractivity contribution in [1.82, 2.24) is 10.2 Å². The number of rotatable bonds is 3. The summed E-state index contributed by atoms with van der Waals surface area (Å²) in [4.78, 5) is 13.1. The number of carboxylic acids is 1. The standard InChI is InChI=1S/C10H13N3O3S/c1-16-8-6-7(10(14)15)9(12-11-8)13-2-4-17-5-3-13/h6H,2-5H2,1H3,(H,14,15). The zero-order valence-electron chi connectivity index (χ0n) is 9.42. The van der Waals surface area contributed by atoms with Crippen LogP contribution in [-0.4, -0.2) is 53.0 Å². The van der Waals surface area contributed by atoms with Crippen molar-refractivity contribution in [1.29, 1.82) is 0 Å². The van der Waals surface area contributed by atoms with E-state index in [1.807, 2.05) is 16.7 Å². The van der Waals surface area contributed by atoms with Crippen LogP contribution in [-0.2, 0) is 0 Å². The van der Waals surface area contributed by atoms with Crippen LogP contribution in [0.1, 0.15) is 10.4 Å². The first-order valence-electron chi connectivity index (χ1n) is 5.20. The van der Waals surface area contributed by atoms with E-state index in [-0.39, 0.29) is 11.4 Å². The molecule has 2 rings (SSSR count). The van der Waals surface area contributed by atoms with Gasteiger partial charge in [-0.1, -0.05) is 0 Å². The summed E-state index contributed by atoms with van der Waals surface area (Å²) in [5, 5.41) is 16.9. The van der Waals surface area contributed by atoms with Crippen molar-refractivity contribution in [2.45, 2.75) is 0 Å². The number of carbonyl (C=O) groups is 1. The maximum absolute atomic E-state index is 11.2.